The number of ether oxygens (including phenoxy) is 1. The van der Waals surface area contributed by atoms with Crippen molar-refractivity contribution in [3.05, 3.63) is 60.0 Å². The lowest BCUT2D eigenvalue weighted by atomic mass is 9.95. The molecule has 4 aromatic rings. The lowest BCUT2D eigenvalue weighted by molar-refractivity contribution is -0.118. The highest BCUT2D eigenvalue weighted by molar-refractivity contribution is 7.17. The number of benzene rings is 2. The van der Waals surface area contributed by atoms with Crippen LogP contribution in [0.25, 0.3) is 32.1 Å². The van der Waals surface area contributed by atoms with Crippen LogP contribution in [0.5, 0.6) is 6.01 Å². The first-order valence-electron chi connectivity index (χ1n) is 13.2. The second-order valence-electron chi connectivity index (χ2n) is 10.1. The molecule has 2 saturated heterocycles. The molecule has 4 heterocycles. The third-order valence-corrected chi connectivity index (χ3v) is 8.73. The minimum absolute atomic E-state index is 0.0216. The quantitative estimate of drug-likeness (QED) is 0.207. The van der Waals surface area contributed by atoms with Crippen molar-refractivity contribution in [2.75, 3.05) is 38.1 Å². The van der Waals surface area contributed by atoms with Gasteiger partial charge in [-0.2, -0.15) is 9.97 Å². The summed E-state index contributed by atoms with van der Waals surface area (Å²) >= 11 is 1.57. The van der Waals surface area contributed by atoms with Crippen LogP contribution >= 0.6 is 11.3 Å². The van der Waals surface area contributed by atoms with E-state index >= 15 is 4.39 Å². The molecule has 0 radical (unpaired) electrons. The van der Waals surface area contributed by atoms with Gasteiger partial charge >= 0.3 is 6.01 Å². The van der Waals surface area contributed by atoms with Crippen LogP contribution in [0.15, 0.2) is 54.2 Å². The fraction of sp³-hybridized carbons (Fsp3) is 0.345. The Morgan fingerprint density at radius 3 is 2.74 bits per heavy atom. The molecule has 7 nitrogen and oxygen atoms in total. The highest BCUT2D eigenvalue weighted by atomic mass is 32.1. The van der Waals surface area contributed by atoms with Crippen LogP contribution in [0, 0.1) is 5.82 Å². The number of hydrogen-bond donors (Lipinski definition) is 2. The Kier molecular flexibility index (Phi) is 6.90. The summed E-state index contributed by atoms with van der Waals surface area (Å²) in [5, 5.41) is 9.10. The number of amides is 1. The first-order valence-corrected chi connectivity index (χ1v) is 14.0. The van der Waals surface area contributed by atoms with E-state index in [0.717, 1.165) is 54.4 Å². The number of fused-ring (bicyclic) bond motifs is 3. The Morgan fingerprint density at radius 1 is 1.13 bits per heavy atom. The molecule has 2 aromatic carbocycles. The maximum atomic E-state index is 15.6. The molecular formula is C29H29F2N5O2S. The maximum Gasteiger partial charge on any atom is 0.319 e. The summed E-state index contributed by atoms with van der Waals surface area (Å²) in [5.41, 5.74) is 1.82. The predicted octanol–water partition coefficient (Wildman–Crippen LogP) is 5.67. The fourth-order valence-corrected chi connectivity index (χ4v) is 6.78. The van der Waals surface area contributed by atoms with Gasteiger partial charge in [0, 0.05) is 34.3 Å². The average Bonchev–Trinajstić information content (AvgIpc) is 3.65. The Bertz CT molecular complexity index is 1560. The molecular weight excluding hydrogens is 520 g/mol. The van der Waals surface area contributed by atoms with Crippen molar-refractivity contribution in [1.82, 2.24) is 20.2 Å². The van der Waals surface area contributed by atoms with E-state index in [-0.39, 0.29) is 24.6 Å². The predicted molar refractivity (Wildman–Crippen MR) is 150 cm³/mol. The van der Waals surface area contributed by atoms with Gasteiger partial charge in [-0.15, -0.1) is 11.3 Å². The number of nitrogens with zero attached hydrogens (tertiary/aromatic N) is 3. The molecule has 0 unspecified atom stereocenters. The molecule has 202 valence electrons. The van der Waals surface area contributed by atoms with Crippen molar-refractivity contribution in [2.45, 2.75) is 31.2 Å². The smallest absolute Gasteiger partial charge is 0.319 e. The molecule has 0 atom stereocenters. The summed E-state index contributed by atoms with van der Waals surface area (Å²) in [5.74, 6) is -1.93. The van der Waals surface area contributed by atoms with Gasteiger partial charge in [0.05, 0.1) is 11.1 Å². The Morgan fingerprint density at radius 2 is 1.95 bits per heavy atom. The Balaban J connectivity index is 1.34. The summed E-state index contributed by atoms with van der Waals surface area (Å²) in [6, 6.07) is 11.2. The first-order chi connectivity index (χ1) is 18.9. The van der Waals surface area contributed by atoms with Crippen LogP contribution in [-0.2, 0) is 4.79 Å². The van der Waals surface area contributed by atoms with E-state index in [1.165, 1.54) is 6.07 Å². The molecule has 10 heteroatoms. The topological polar surface area (TPSA) is 79.4 Å². The van der Waals surface area contributed by atoms with Crippen molar-refractivity contribution in [1.29, 1.82) is 0 Å². The number of anilines is 1. The third kappa shape index (κ3) is 4.94. The van der Waals surface area contributed by atoms with Gasteiger partial charge in [-0.1, -0.05) is 24.8 Å². The summed E-state index contributed by atoms with van der Waals surface area (Å²) in [6.07, 6.45) is 4.49. The Hall–Kier alpha value is -3.63. The molecule has 0 spiro atoms. The lowest BCUT2D eigenvalue weighted by Gasteiger charge is -2.31. The molecule has 6 rings (SSSR count). The zero-order valence-corrected chi connectivity index (χ0v) is 22.3. The van der Waals surface area contributed by atoms with Crippen LogP contribution in [-0.4, -0.2) is 59.1 Å². The molecule has 2 aliphatic rings. The SMILES string of the molecule is C=C(F)C(=O)NCCNc1nc(OCC23CCCN2CCC3)nc2cc(-c3cccc4ccsc34)c(F)cc12. The van der Waals surface area contributed by atoms with Crippen molar-refractivity contribution in [3.63, 3.8) is 0 Å². The van der Waals surface area contributed by atoms with Gasteiger partial charge in [-0.05, 0) is 67.7 Å². The number of aromatic nitrogens is 2. The van der Waals surface area contributed by atoms with Gasteiger partial charge in [0.2, 0.25) is 0 Å². The summed E-state index contributed by atoms with van der Waals surface area (Å²) in [7, 11) is 0. The normalized spacial score (nSPS) is 16.5. The molecule has 0 bridgehead atoms. The summed E-state index contributed by atoms with van der Waals surface area (Å²) < 4.78 is 35.8. The van der Waals surface area contributed by atoms with Crippen LogP contribution in [0.1, 0.15) is 25.7 Å². The second kappa shape index (κ2) is 10.5. The third-order valence-electron chi connectivity index (χ3n) is 7.76. The molecule has 2 aromatic heterocycles. The maximum absolute atomic E-state index is 15.6. The molecule has 0 aliphatic carbocycles. The average molecular weight is 550 g/mol. The highest BCUT2D eigenvalue weighted by Gasteiger charge is 2.45. The van der Waals surface area contributed by atoms with Gasteiger partial charge in [-0.3, -0.25) is 9.69 Å². The van der Waals surface area contributed by atoms with Gasteiger partial charge in [0.15, 0.2) is 5.83 Å². The van der Waals surface area contributed by atoms with Gasteiger partial charge in [-0.25, -0.2) is 8.78 Å². The van der Waals surface area contributed by atoms with E-state index in [1.54, 1.807) is 17.4 Å². The van der Waals surface area contributed by atoms with Crippen LogP contribution in [0.3, 0.4) is 0 Å². The van der Waals surface area contributed by atoms with Gasteiger partial charge in [0.1, 0.15) is 18.2 Å². The van der Waals surface area contributed by atoms with E-state index in [9.17, 15) is 9.18 Å². The fourth-order valence-electron chi connectivity index (χ4n) is 5.85. The second-order valence-corrected chi connectivity index (χ2v) is 11.1. The Labute approximate surface area is 228 Å². The number of rotatable bonds is 9. The highest BCUT2D eigenvalue weighted by Crippen LogP contribution is 2.40. The van der Waals surface area contributed by atoms with E-state index in [0.29, 0.717) is 28.9 Å². The van der Waals surface area contributed by atoms with Crippen molar-refractivity contribution in [3.8, 4) is 17.1 Å². The molecule has 39 heavy (non-hydrogen) atoms. The van der Waals surface area contributed by atoms with Crippen molar-refractivity contribution < 1.29 is 18.3 Å². The van der Waals surface area contributed by atoms with Crippen LogP contribution in [0.2, 0.25) is 0 Å². The number of halogens is 2. The van der Waals surface area contributed by atoms with E-state index < -0.39 is 17.6 Å². The zero-order chi connectivity index (χ0) is 27.0. The van der Waals surface area contributed by atoms with E-state index in [4.69, 9.17) is 9.72 Å². The number of carbonyl (C=O) groups is 1. The number of nitrogens with one attached hydrogen (secondary N) is 2. The standard InChI is InChI=1S/C29H29F2N5O2S/c1-18(30)27(37)33-11-10-32-26-22-15-23(31)21(20-6-2-5-19-7-14-39-25(19)20)16-24(22)34-28(35-26)38-17-29-8-3-12-36(29)13-4-9-29/h2,5-7,14-16H,1,3-4,8-13,17H2,(H,33,37)(H,32,34,35). The van der Waals surface area contributed by atoms with E-state index in [2.05, 4.69) is 27.1 Å². The first kappa shape index (κ1) is 25.6. The molecule has 2 fully saturated rings. The number of carbonyl (C=O) groups excluding carboxylic acids is 1. The largest absolute Gasteiger partial charge is 0.461 e. The number of thiophene rings is 1. The molecule has 2 N–H and O–H groups in total. The van der Waals surface area contributed by atoms with Crippen LogP contribution in [0.4, 0.5) is 14.6 Å². The van der Waals surface area contributed by atoms with Gasteiger partial charge in [0.25, 0.3) is 5.91 Å². The molecule has 0 saturated carbocycles. The van der Waals surface area contributed by atoms with Crippen molar-refractivity contribution in [2.24, 2.45) is 0 Å². The minimum Gasteiger partial charge on any atom is -0.461 e. The minimum atomic E-state index is -1.05. The zero-order valence-electron chi connectivity index (χ0n) is 21.4. The summed E-state index contributed by atoms with van der Waals surface area (Å²) in [4.78, 5) is 23.3. The lowest BCUT2D eigenvalue weighted by Crippen LogP contribution is -2.43. The van der Waals surface area contributed by atoms with Crippen molar-refractivity contribution >= 4 is 44.1 Å². The molecule has 2 aliphatic heterocycles. The molecule has 1 amide bonds. The van der Waals surface area contributed by atoms with Gasteiger partial charge < -0.3 is 15.4 Å². The summed E-state index contributed by atoms with van der Waals surface area (Å²) in [6.45, 7) is 6.03. The van der Waals surface area contributed by atoms with Crippen LogP contribution < -0.4 is 15.4 Å². The van der Waals surface area contributed by atoms with E-state index in [1.807, 2.05) is 29.6 Å². The monoisotopic (exact) mass is 549 g/mol. The number of hydrogen-bond acceptors (Lipinski definition) is 7.